The third-order valence-corrected chi connectivity index (χ3v) is 5.62. The van der Waals surface area contributed by atoms with E-state index in [4.69, 9.17) is 4.74 Å². The Bertz CT molecular complexity index is 741. The number of imidazole rings is 1. The number of aryl methyl sites for hydroxylation is 1. The molecule has 26 heavy (non-hydrogen) atoms. The molecular weight excluding hydrogens is 330 g/mol. The molecule has 0 radical (unpaired) electrons. The number of rotatable bonds is 4. The Kier molecular flexibility index (Phi) is 5.02. The fourth-order valence-corrected chi connectivity index (χ4v) is 4.18. The maximum Gasteiger partial charge on any atom is 0.110 e. The number of hydrogen-bond donors (Lipinski definition) is 1. The second-order valence-electron chi connectivity index (χ2n) is 7.59. The van der Waals surface area contributed by atoms with E-state index in [0.29, 0.717) is 25.7 Å². The smallest absolute Gasteiger partial charge is 0.110 e. The highest BCUT2D eigenvalue weighted by Gasteiger charge is 2.34. The lowest BCUT2D eigenvalue weighted by Gasteiger charge is -2.40. The van der Waals surface area contributed by atoms with E-state index in [1.165, 1.54) is 0 Å². The monoisotopic (exact) mass is 357 g/mol. The predicted octanol–water partition coefficient (Wildman–Crippen LogP) is 1.60. The molecule has 2 aliphatic rings. The van der Waals surface area contributed by atoms with Gasteiger partial charge in [0.2, 0.25) is 0 Å². The maximum absolute atomic E-state index is 10.9. The molecule has 4 rings (SSSR count). The van der Waals surface area contributed by atoms with Gasteiger partial charge in [-0.25, -0.2) is 4.98 Å². The first-order valence-corrected chi connectivity index (χ1v) is 9.45. The summed E-state index contributed by atoms with van der Waals surface area (Å²) in [5.41, 5.74) is 2.34. The largest absolute Gasteiger partial charge is 0.388 e. The number of β-amino-alcohol motifs (C(OH)–C–C–N with tert-alkyl or cyclic N) is 1. The lowest BCUT2D eigenvalue weighted by atomic mass is 9.89. The summed E-state index contributed by atoms with van der Waals surface area (Å²) < 4.78 is 7.39. The first-order chi connectivity index (χ1) is 12.6. The Balaban J connectivity index is 1.53. The molecule has 7 heteroatoms. The summed E-state index contributed by atoms with van der Waals surface area (Å²) in [5, 5.41) is 10.9. The summed E-state index contributed by atoms with van der Waals surface area (Å²) in [6, 6.07) is 0. The fraction of sp³-hybridized carbons (Fsp3) is 0.632. The summed E-state index contributed by atoms with van der Waals surface area (Å²) in [6.45, 7) is 3.97. The topological polar surface area (TPSA) is 76.3 Å². The van der Waals surface area contributed by atoms with Crippen LogP contribution in [-0.4, -0.2) is 68.0 Å². The predicted molar refractivity (Wildman–Crippen MR) is 97.7 cm³/mol. The summed E-state index contributed by atoms with van der Waals surface area (Å²) in [6.07, 6.45) is 10.8. The van der Waals surface area contributed by atoms with E-state index in [1.54, 1.807) is 18.7 Å². The zero-order valence-electron chi connectivity index (χ0n) is 15.3. The lowest BCUT2D eigenvalue weighted by Crippen LogP contribution is -2.49. The van der Waals surface area contributed by atoms with Crippen molar-refractivity contribution in [1.82, 2.24) is 24.4 Å². The first-order valence-electron chi connectivity index (χ1n) is 9.45. The minimum atomic E-state index is -0.618. The van der Waals surface area contributed by atoms with E-state index >= 15 is 0 Å². The van der Waals surface area contributed by atoms with Gasteiger partial charge in [-0.2, -0.15) is 0 Å². The van der Waals surface area contributed by atoms with Crippen LogP contribution < -0.4 is 0 Å². The molecule has 0 bridgehead atoms. The van der Waals surface area contributed by atoms with Gasteiger partial charge in [0, 0.05) is 64.5 Å². The molecule has 2 aliphatic heterocycles. The van der Waals surface area contributed by atoms with E-state index in [-0.39, 0.29) is 0 Å². The molecule has 0 spiro atoms. The van der Waals surface area contributed by atoms with Crippen LogP contribution in [0.3, 0.4) is 0 Å². The van der Waals surface area contributed by atoms with Crippen molar-refractivity contribution >= 4 is 0 Å². The van der Waals surface area contributed by atoms with E-state index in [1.807, 2.05) is 17.8 Å². The Morgan fingerprint density at radius 3 is 2.85 bits per heavy atom. The zero-order valence-corrected chi connectivity index (χ0v) is 15.3. The summed E-state index contributed by atoms with van der Waals surface area (Å²) in [4.78, 5) is 15.9. The van der Waals surface area contributed by atoms with E-state index in [9.17, 15) is 5.11 Å². The van der Waals surface area contributed by atoms with Gasteiger partial charge in [0.25, 0.3) is 0 Å². The van der Waals surface area contributed by atoms with Gasteiger partial charge < -0.3 is 14.4 Å². The minimum Gasteiger partial charge on any atom is -0.388 e. The molecule has 0 aromatic carbocycles. The van der Waals surface area contributed by atoms with Gasteiger partial charge in [-0.15, -0.1) is 0 Å². The number of piperidine rings is 1. The van der Waals surface area contributed by atoms with E-state index in [2.05, 4.69) is 19.9 Å². The third-order valence-electron chi connectivity index (χ3n) is 5.62. The van der Waals surface area contributed by atoms with Crippen molar-refractivity contribution in [3.8, 4) is 11.4 Å². The number of ether oxygens (including phenoxy) is 1. The number of aromatic nitrogens is 4. The average Bonchev–Trinajstić information content (AvgIpc) is 3.08. The number of hydrogen-bond acceptors (Lipinski definition) is 6. The van der Waals surface area contributed by atoms with E-state index < -0.39 is 5.60 Å². The molecule has 0 saturated carbocycles. The highest BCUT2D eigenvalue weighted by molar-refractivity contribution is 5.57. The molecular formula is C19H27N5O2. The summed E-state index contributed by atoms with van der Waals surface area (Å²) in [7, 11) is 1.98. The zero-order chi connectivity index (χ0) is 18.0. The van der Waals surface area contributed by atoms with Crippen LogP contribution in [0.25, 0.3) is 11.4 Å². The summed E-state index contributed by atoms with van der Waals surface area (Å²) >= 11 is 0. The van der Waals surface area contributed by atoms with Crippen LogP contribution in [0.2, 0.25) is 0 Å². The van der Waals surface area contributed by atoms with Crippen LogP contribution in [0.1, 0.15) is 37.3 Å². The van der Waals surface area contributed by atoms with Crippen molar-refractivity contribution in [1.29, 1.82) is 0 Å². The van der Waals surface area contributed by atoms with Crippen molar-refractivity contribution in [2.24, 2.45) is 7.05 Å². The van der Waals surface area contributed by atoms with Crippen LogP contribution in [0.4, 0.5) is 0 Å². The molecule has 2 aromatic rings. The Morgan fingerprint density at radius 1 is 1.27 bits per heavy atom. The van der Waals surface area contributed by atoms with Crippen LogP contribution >= 0.6 is 0 Å². The fourth-order valence-electron chi connectivity index (χ4n) is 4.18. The number of likely N-dealkylation sites (tertiary alicyclic amines) is 1. The van der Waals surface area contributed by atoms with Gasteiger partial charge in [-0.1, -0.05) is 0 Å². The SMILES string of the molecule is Cn1cncc1-c1nccnc1[C@H]1CCCN(CC2(O)CCOCC2)C1. The van der Waals surface area contributed by atoms with Crippen molar-refractivity contribution in [3.63, 3.8) is 0 Å². The molecule has 0 amide bonds. The molecule has 2 saturated heterocycles. The third kappa shape index (κ3) is 3.65. The number of aliphatic hydroxyl groups is 1. The average molecular weight is 357 g/mol. The maximum atomic E-state index is 10.9. The molecule has 1 N–H and O–H groups in total. The summed E-state index contributed by atoms with van der Waals surface area (Å²) in [5.74, 6) is 0.325. The molecule has 2 aromatic heterocycles. The molecule has 1 atom stereocenters. The van der Waals surface area contributed by atoms with Gasteiger partial charge in [0.1, 0.15) is 5.69 Å². The van der Waals surface area contributed by atoms with Crippen LogP contribution in [0.15, 0.2) is 24.9 Å². The molecule has 0 aliphatic carbocycles. The lowest BCUT2D eigenvalue weighted by molar-refractivity contribution is -0.0824. The molecule has 140 valence electrons. The molecule has 4 heterocycles. The highest BCUT2D eigenvalue weighted by Crippen LogP contribution is 2.33. The highest BCUT2D eigenvalue weighted by atomic mass is 16.5. The second kappa shape index (κ2) is 7.42. The quantitative estimate of drug-likeness (QED) is 0.896. The van der Waals surface area contributed by atoms with Crippen LogP contribution in [0.5, 0.6) is 0 Å². The standard InChI is InChI=1S/C19H27N5O2/c1-23-14-20-11-16(23)18-17(21-6-7-22-18)15-3-2-8-24(12-15)13-19(25)4-9-26-10-5-19/h6-7,11,14-15,25H,2-5,8-10,12-13H2,1H3/t15-/m0/s1. The normalized spacial score (nSPS) is 23.8. The first kappa shape index (κ1) is 17.6. The van der Waals surface area contributed by atoms with Crippen LogP contribution in [0, 0.1) is 0 Å². The minimum absolute atomic E-state index is 0.325. The van der Waals surface area contributed by atoms with Crippen molar-refractivity contribution < 1.29 is 9.84 Å². The second-order valence-corrected chi connectivity index (χ2v) is 7.59. The van der Waals surface area contributed by atoms with Crippen molar-refractivity contribution in [2.45, 2.75) is 37.2 Å². The van der Waals surface area contributed by atoms with Crippen molar-refractivity contribution in [2.75, 3.05) is 32.8 Å². The van der Waals surface area contributed by atoms with Crippen LogP contribution in [-0.2, 0) is 11.8 Å². The van der Waals surface area contributed by atoms with Gasteiger partial charge >= 0.3 is 0 Å². The van der Waals surface area contributed by atoms with E-state index in [0.717, 1.165) is 55.9 Å². The Hall–Kier alpha value is -1.83. The van der Waals surface area contributed by atoms with Gasteiger partial charge in [-0.05, 0) is 19.4 Å². The molecule has 0 unspecified atom stereocenters. The van der Waals surface area contributed by atoms with Gasteiger partial charge in [0.05, 0.1) is 29.5 Å². The number of nitrogens with zero attached hydrogens (tertiary/aromatic N) is 5. The van der Waals surface area contributed by atoms with Crippen molar-refractivity contribution in [3.05, 3.63) is 30.6 Å². The molecule has 7 nitrogen and oxygen atoms in total. The Labute approximate surface area is 154 Å². The van der Waals surface area contributed by atoms with Gasteiger partial charge in [0.15, 0.2) is 0 Å². The molecule has 2 fully saturated rings. The Morgan fingerprint density at radius 2 is 2.08 bits per heavy atom. The van der Waals surface area contributed by atoms with Gasteiger partial charge in [-0.3, -0.25) is 14.9 Å².